The van der Waals surface area contributed by atoms with Gasteiger partial charge < -0.3 is 20.9 Å². The second kappa shape index (κ2) is 9.19. The second-order valence-electron chi connectivity index (χ2n) is 5.82. The van der Waals surface area contributed by atoms with Gasteiger partial charge in [-0.15, -0.1) is 11.3 Å². The molecule has 22 heavy (non-hydrogen) atoms. The summed E-state index contributed by atoms with van der Waals surface area (Å²) in [6, 6.07) is 0. The van der Waals surface area contributed by atoms with Crippen molar-refractivity contribution in [1.29, 1.82) is 0 Å². The molecule has 124 valence electrons. The Hall–Kier alpha value is -1.02. The summed E-state index contributed by atoms with van der Waals surface area (Å²) in [5, 5.41) is 5.77. The zero-order valence-electron chi connectivity index (χ0n) is 13.4. The van der Waals surface area contributed by atoms with Crippen molar-refractivity contribution in [2.45, 2.75) is 25.8 Å². The number of hydrogen-bond acceptors (Lipinski definition) is 6. The lowest BCUT2D eigenvalue weighted by atomic mass is 10.2. The number of piperazine rings is 1. The molecule has 1 aromatic heterocycles. The Balaban J connectivity index is 1.52. The number of carbonyl (C=O) groups excluding carboxylic acids is 1. The van der Waals surface area contributed by atoms with Crippen LogP contribution in [0.25, 0.3) is 0 Å². The maximum absolute atomic E-state index is 11.8. The summed E-state index contributed by atoms with van der Waals surface area (Å²) in [7, 11) is 2.17. The maximum Gasteiger partial charge on any atom is 0.226 e. The average molecular weight is 325 g/mol. The van der Waals surface area contributed by atoms with Gasteiger partial charge in [-0.1, -0.05) is 0 Å². The molecule has 1 saturated heterocycles. The molecule has 0 unspecified atom stereocenters. The first-order valence-corrected chi connectivity index (χ1v) is 8.86. The molecule has 7 heteroatoms. The maximum atomic E-state index is 11.8. The normalized spacial score (nSPS) is 16.8. The molecule has 6 nitrogen and oxygen atoms in total. The number of nitrogens with one attached hydrogen (secondary N) is 1. The molecule has 0 atom stereocenters. The molecular weight excluding hydrogens is 298 g/mol. The van der Waals surface area contributed by atoms with E-state index in [2.05, 4.69) is 27.1 Å². The van der Waals surface area contributed by atoms with Crippen molar-refractivity contribution in [2.24, 2.45) is 5.73 Å². The molecule has 1 fully saturated rings. The summed E-state index contributed by atoms with van der Waals surface area (Å²) in [5.41, 5.74) is 6.34. The van der Waals surface area contributed by atoms with Gasteiger partial charge in [0.2, 0.25) is 5.91 Å². The summed E-state index contributed by atoms with van der Waals surface area (Å²) >= 11 is 1.51. The van der Waals surface area contributed by atoms with Crippen LogP contribution in [0.3, 0.4) is 0 Å². The third-order valence-corrected chi connectivity index (χ3v) is 4.85. The van der Waals surface area contributed by atoms with Crippen molar-refractivity contribution >= 4 is 17.2 Å². The molecule has 0 spiro atoms. The Kier molecular flexibility index (Phi) is 7.24. The molecule has 0 aromatic carbocycles. The van der Waals surface area contributed by atoms with Gasteiger partial charge >= 0.3 is 0 Å². The molecule has 2 heterocycles. The minimum Gasteiger partial charge on any atom is -0.356 e. The van der Waals surface area contributed by atoms with Crippen LogP contribution in [0.1, 0.15) is 23.5 Å². The summed E-state index contributed by atoms with van der Waals surface area (Å²) in [6.07, 6.45) is 2.52. The Morgan fingerprint density at radius 1 is 1.36 bits per heavy atom. The fraction of sp³-hybridized carbons (Fsp3) is 0.733. The minimum absolute atomic E-state index is 0.0495. The highest BCUT2D eigenvalue weighted by Crippen LogP contribution is 2.09. The van der Waals surface area contributed by atoms with E-state index in [1.165, 1.54) is 11.3 Å². The van der Waals surface area contributed by atoms with Gasteiger partial charge in [-0.2, -0.15) is 0 Å². The van der Waals surface area contributed by atoms with Gasteiger partial charge in [0.15, 0.2) is 0 Å². The van der Waals surface area contributed by atoms with Crippen LogP contribution in [0.4, 0.5) is 0 Å². The zero-order valence-corrected chi connectivity index (χ0v) is 14.2. The standard InChI is InChI=1S/C15H27N5OS/c1-19-6-8-20(9-7-19)5-3-2-4-17-14(21)10-13-12-22-15(11-16)18-13/h12H,2-11,16H2,1H3,(H,17,21). The molecule has 1 amide bonds. The summed E-state index contributed by atoms with van der Waals surface area (Å²) in [4.78, 5) is 21.0. The van der Waals surface area contributed by atoms with Crippen molar-refractivity contribution in [3.63, 3.8) is 0 Å². The van der Waals surface area contributed by atoms with Crippen molar-refractivity contribution in [1.82, 2.24) is 20.1 Å². The zero-order chi connectivity index (χ0) is 15.8. The largest absolute Gasteiger partial charge is 0.356 e. The van der Waals surface area contributed by atoms with E-state index in [4.69, 9.17) is 5.73 Å². The molecule has 1 aromatic rings. The highest BCUT2D eigenvalue weighted by atomic mass is 32.1. The molecule has 3 N–H and O–H groups in total. The van der Waals surface area contributed by atoms with E-state index in [0.717, 1.165) is 62.8 Å². The third-order valence-electron chi connectivity index (χ3n) is 3.93. The molecule has 0 bridgehead atoms. The number of thiazole rings is 1. The number of nitrogens with two attached hydrogens (primary N) is 1. The monoisotopic (exact) mass is 325 g/mol. The van der Waals surface area contributed by atoms with E-state index in [-0.39, 0.29) is 5.91 Å². The molecule has 0 saturated carbocycles. The predicted octanol–water partition coefficient (Wildman–Crippen LogP) is 0.288. The van der Waals surface area contributed by atoms with Gasteiger partial charge in [0, 0.05) is 44.6 Å². The van der Waals surface area contributed by atoms with E-state index in [0.29, 0.717) is 13.0 Å². The number of hydrogen-bond donors (Lipinski definition) is 2. The van der Waals surface area contributed by atoms with E-state index >= 15 is 0 Å². The predicted molar refractivity (Wildman–Crippen MR) is 89.9 cm³/mol. The number of amides is 1. The fourth-order valence-electron chi connectivity index (χ4n) is 2.51. The lowest BCUT2D eigenvalue weighted by Crippen LogP contribution is -2.44. The van der Waals surface area contributed by atoms with Crippen molar-refractivity contribution in [3.05, 3.63) is 16.1 Å². The van der Waals surface area contributed by atoms with Crippen molar-refractivity contribution < 1.29 is 4.79 Å². The quantitative estimate of drug-likeness (QED) is 0.672. The molecule has 0 aliphatic carbocycles. The van der Waals surface area contributed by atoms with Crippen molar-refractivity contribution in [3.8, 4) is 0 Å². The van der Waals surface area contributed by atoms with Crippen LogP contribution in [-0.2, 0) is 17.8 Å². The van der Waals surface area contributed by atoms with Gasteiger partial charge in [0.25, 0.3) is 0 Å². The molecular formula is C15H27N5OS. The Morgan fingerprint density at radius 3 is 2.82 bits per heavy atom. The minimum atomic E-state index is 0.0495. The van der Waals surface area contributed by atoms with Gasteiger partial charge in [0.05, 0.1) is 12.1 Å². The summed E-state index contributed by atoms with van der Waals surface area (Å²) < 4.78 is 0. The first-order valence-electron chi connectivity index (χ1n) is 7.98. The summed E-state index contributed by atoms with van der Waals surface area (Å²) in [6.45, 7) is 6.98. The number of aromatic nitrogens is 1. The lowest BCUT2D eigenvalue weighted by molar-refractivity contribution is -0.120. The number of nitrogens with zero attached hydrogens (tertiary/aromatic N) is 3. The lowest BCUT2D eigenvalue weighted by Gasteiger charge is -2.32. The highest BCUT2D eigenvalue weighted by Gasteiger charge is 2.12. The van der Waals surface area contributed by atoms with Crippen LogP contribution in [-0.4, -0.2) is 67.0 Å². The van der Waals surface area contributed by atoms with Gasteiger partial charge in [-0.25, -0.2) is 4.98 Å². The Morgan fingerprint density at radius 2 is 2.14 bits per heavy atom. The molecule has 1 aliphatic rings. The van der Waals surface area contributed by atoms with E-state index < -0.39 is 0 Å². The third kappa shape index (κ3) is 6.00. The van der Waals surface area contributed by atoms with Gasteiger partial charge in [-0.05, 0) is 26.4 Å². The van der Waals surface area contributed by atoms with E-state index in [9.17, 15) is 4.79 Å². The molecule has 0 radical (unpaired) electrons. The first kappa shape index (κ1) is 17.3. The second-order valence-corrected chi connectivity index (χ2v) is 6.76. The van der Waals surface area contributed by atoms with Crippen LogP contribution in [0.5, 0.6) is 0 Å². The SMILES string of the molecule is CN1CCN(CCCCNC(=O)Cc2csc(CN)n2)CC1. The smallest absolute Gasteiger partial charge is 0.226 e. The van der Waals surface area contributed by atoms with Gasteiger partial charge in [0.1, 0.15) is 5.01 Å². The van der Waals surface area contributed by atoms with E-state index in [1.807, 2.05) is 5.38 Å². The van der Waals surface area contributed by atoms with Crippen LogP contribution in [0, 0.1) is 0 Å². The highest BCUT2D eigenvalue weighted by molar-refractivity contribution is 7.09. The van der Waals surface area contributed by atoms with Crippen LogP contribution >= 0.6 is 11.3 Å². The number of unbranched alkanes of at least 4 members (excludes halogenated alkanes) is 1. The number of carbonyl (C=O) groups is 1. The van der Waals surface area contributed by atoms with Gasteiger partial charge in [-0.3, -0.25) is 4.79 Å². The topological polar surface area (TPSA) is 74.5 Å². The van der Waals surface area contributed by atoms with Crippen LogP contribution in [0.15, 0.2) is 5.38 Å². The number of rotatable bonds is 8. The fourth-order valence-corrected chi connectivity index (χ4v) is 3.18. The average Bonchev–Trinajstić information content (AvgIpc) is 2.96. The molecule has 1 aliphatic heterocycles. The van der Waals surface area contributed by atoms with Crippen molar-refractivity contribution in [2.75, 3.05) is 46.3 Å². The van der Waals surface area contributed by atoms with Crippen LogP contribution < -0.4 is 11.1 Å². The van der Waals surface area contributed by atoms with Crippen LogP contribution in [0.2, 0.25) is 0 Å². The summed E-state index contributed by atoms with van der Waals surface area (Å²) in [5.74, 6) is 0.0495. The Bertz CT molecular complexity index is 457. The first-order chi connectivity index (χ1) is 10.7. The number of likely N-dealkylation sites (N-methyl/N-ethyl adjacent to an activating group) is 1. The molecule has 2 rings (SSSR count). The Labute approximate surface area is 136 Å². The van der Waals surface area contributed by atoms with E-state index in [1.54, 1.807) is 0 Å².